The molecule has 0 aliphatic rings. The molecule has 0 aliphatic heterocycles. The Hall–Kier alpha value is -0.870. The van der Waals surface area contributed by atoms with Crippen LogP contribution in [0.2, 0.25) is 0 Å². The molecular formula is C14H23NO2S. The van der Waals surface area contributed by atoms with Gasteiger partial charge in [0.05, 0.1) is 4.90 Å². The van der Waals surface area contributed by atoms with E-state index >= 15 is 0 Å². The fraction of sp³-hybridized carbons (Fsp3) is 0.571. The minimum absolute atomic E-state index is 0.434. The van der Waals surface area contributed by atoms with Crippen LogP contribution in [0.5, 0.6) is 0 Å². The van der Waals surface area contributed by atoms with Crippen LogP contribution in [-0.2, 0) is 10.0 Å². The van der Waals surface area contributed by atoms with Gasteiger partial charge in [-0.1, -0.05) is 19.4 Å². The minimum atomic E-state index is -3.35. The van der Waals surface area contributed by atoms with Gasteiger partial charge in [0.2, 0.25) is 10.0 Å². The normalized spacial score (nSPS) is 12.1. The molecule has 3 nitrogen and oxygen atoms in total. The number of aryl methyl sites for hydroxylation is 3. The number of sulfonamides is 1. The summed E-state index contributed by atoms with van der Waals surface area (Å²) >= 11 is 0. The molecule has 0 fully saturated rings. The zero-order valence-electron chi connectivity index (χ0n) is 11.9. The van der Waals surface area contributed by atoms with Gasteiger partial charge < -0.3 is 0 Å². The Bertz CT molecular complexity index is 521. The van der Waals surface area contributed by atoms with Crippen molar-refractivity contribution in [2.24, 2.45) is 0 Å². The van der Waals surface area contributed by atoms with Gasteiger partial charge >= 0.3 is 0 Å². The van der Waals surface area contributed by atoms with Crippen LogP contribution < -0.4 is 0 Å². The van der Waals surface area contributed by atoms with E-state index < -0.39 is 10.0 Å². The van der Waals surface area contributed by atoms with Crippen molar-refractivity contribution in [1.82, 2.24) is 4.31 Å². The first kappa shape index (κ1) is 15.2. The van der Waals surface area contributed by atoms with Crippen LogP contribution in [0.4, 0.5) is 0 Å². The maximum Gasteiger partial charge on any atom is 0.243 e. The van der Waals surface area contributed by atoms with Crippen molar-refractivity contribution >= 4 is 10.0 Å². The summed E-state index contributed by atoms with van der Waals surface area (Å²) in [5.41, 5.74) is 2.96. The largest absolute Gasteiger partial charge is 0.243 e. The van der Waals surface area contributed by atoms with Gasteiger partial charge in [0.25, 0.3) is 0 Å². The molecule has 0 radical (unpaired) electrons. The number of unbranched alkanes of at least 4 members (excludes halogenated alkanes) is 1. The van der Waals surface area contributed by atoms with Crippen LogP contribution in [0, 0.1) is 20.8 Å². The Balaban J connectivity index is 3.16. The number of nitrogens with zero attached hydrogens (tertiary/aromatic N) is 1. The third kappa shape index (κ3) is 3.12. The summed E-state index contributed by atoms with van der Waals surface area (Å²) in [6, 6.07) is 3.72. The summed E-state index contributed by atoms with van der Waals surface area (Å²) < 4.78 is 26.3. The average Bonchev–Trinajstić information content (AvgIpc) is 2.30. The van der Waals surface area contributed by atoms with Crippen molar-refractivity contribution in [3.8, 4) is 0 Å². The summed E-state index contributed by atoms with van der Waals surface area (Å²) in [6.45, 7) is 8.43. The van der Waals surface area contributed by atoms with Crippen LogP contribution in [0.15, 0.2) is 17.0 Å². The standard InChI is InChI=1S/C14H23NO2S/c1-6-7-8-15(5)18(16,17)14-10-12(3)11(2)9-13(14)4/h9-10H,6-8H2,1-5H3. The van der Waals surface area contributed by atoms with Crippen molar-refractivity contribution < 1.29 is 8.42 Å². The van der Waals surface area contributed by atoms with Gasteiger partial charge in [-0.2, -0.15) is 0 Å². The molecular weight excluding hydrogens is 246 g/mol. The van der Waals surface area contributed by atoms with Gasteiger partial charge in [-0.05, 0) is 49.9 Å². The molecule has 0 N–H and O–H groups in total. The minimum Gasteiger partial charge on any atom is -0.207 e. The fourth-order valence-electron chi connectivity index (χ4n) is 1.88. The molecule has 18 heavy (non-hydrogen) atoms. The lowest BCUT2D eigenvalue weighted by atomic mass is 10.1. The Morgan fingerprint density at radius 1 is 1.06 bits per heavy atom. The van der Waals surface area contributed by atoms with Gasteiger partial charge in [-0.25, -0.2) is 12.7 Å². The molecule has 0 amide bonds. The molecule has 1 aromatic carbocycles. The lowest BCUT2D eigenvalue weighted by molar-refractivity contribution is 0.459. The van der Waals surface area contributed by atoms with Crippen molar-refractivity contribution in [3.05, 3.63) is 28.8 Å². The van der Waals surface area contributed by atoms with E-state index in [0.717, 1.165) is 29.5 Å². The maximum absolute atomic E-state index is 12.4. The van der Waals surface area contributed by atoms with Gasteiger partial charge in [-0.3, -0.25) is 0 Å². The molecule has 0 saturated heterocycles. The number of benzene rings is 1. The van der Waals surface area contributed by atoms with Gasteiger partial charge in [0.1, 0.15) is 0 Å². The Morgan fingerprint density at radius 2 is 1.61 bits per heavy atom. The molecule has 0 aromatic heterocycles. The first-order valence-electron chi connectivity index (χ1n) is 6.35. The molecule has 0 unspecified atom stereocenters. The van der Waals surface area contributed by atoms with Crippen LogP contribution >= 0.6 is 0 Å². The van der Waals surface area contributed by atoms with E-state index in [0.29, 0.717) is 11.4 Å². The molecule has 0 spiro atoms. The van der Waals surface area contributed by atoms with Gasteiger partial charge in [-0.15, -0.1) is 0 Å². The van der Waals surface area contributed by atoms with E-state index in [2.05, 4.69) is 6.92 Å². The van der Waals surface area contributed by atoms with Crippen molar-refractivity contribution in [3.63, 3.8) is 0 Å². The second-order valence-electron chi connectivity index (χ2n) is 4.88. The number of rotatable bonds is 5. The van der Waals surface area contributed by atoms with Crippen LogP contribution in [0.1, 0.15) is 36.5 Å². The average molecular weight is 269 g/mol. The highest BCUT2D eigenvalue weighted by atomic mass is 32.2. The second-order valence-corrected chi connectivity index (χ2v) is 6.90. The quantitative estimate of drug-likeness (QED) is 0.824. The van der Waals surface area contributed by atoms with Crippen molar-refractivity contribution in [2.45, 2.75) is 45.4 Å². The van der Waals surface area contributed by atoms with E-state index in [-0.39, 0.29) is 0 Å². The Labute approximate surface area is 111 Å². The van der Waals surface area contributed by atoms with Crippen LogP contribution in [-0.4, -0.2) is 26.3 Å². The molecule has 1 aromatic rings. The van der Waals surface area contributed by atoms with E-state index in [1.165, 1.54) is 4.31 Å². The molecule has 0 bridgehead atoms. The summed E-state index contributed by atoms with van der Waals surface area (Å²) in [5.74, 6) is 0. The molecule has 0 atom stereocenters. The van der Waals surface area contributed by atoms with Crippen LogP contribution in [0.3, 0.4) is 0 Å². The third-order valence-corrected chi connectivity index (χ3v) is 5.30. The lowest BCUT2D eigenvalue weighted by Crippen LogP contribution is -2.28. The highest BCUT2D eigenvalue weighted by Gasteiger charge is 2.22. The van der Waals surface area contributed by atoms with E-state index in [1.807, 2.05) is 26.8 Å². The molecule has 0 heterocycles. The van der Waals surface area contributed by atoms with Gasteiger partial charge in [0.15, 0.2) is 0 Å². The fourth-order valence-corrected chi connectivity index (χ4v) is 3.38. The topological polar surface area (TPSA) is 37.4 Å². The highest BCUT2D eigenvalue weighted by molar-refractivity contribution is 7.89. The first-order chi connectivity index (χ1) is 8.30. The molecule has 4 heteroatoms. The van der Waals surface area contributed by atoms with E-state index in [1.54, 1.807) is 13.1 Å². The second kappa shape index (κ2) is 5.85. The first-order valence-corrected chi connectivity index (χ1v) is 7.79. The highest BCUT2D eigenvalue weighted by Crippen LogP contribution is 2.22. The predicted molar refractivity (Wildman–Crippen MR) is 75.4 cm³/mol. The van der Waals surface area contributed by atoms with E-state index in [9.17, 15) is 8.42 Å². The molecule has 0 saturated carbocycles. The van der Waals surface area contributed by atoms with Crippen LogP contribution in [0.25, 0.3) is 0 Å². The van der Waals surface area contributed by atoms with Crippen molar-refractivity contribution in [2.75, 3.05) is 13.6 Å². The Morgan fingerprint density at radius 3 is 2.17 bits per heavy atom. The summed E-state index contributed by atoms with van der Waals surface area (Å²) in [5, 5.41) is 0. The summed E-state index contributed by atoms with van der Waals surface area (Å²) in [4.78, 5) is 0.434. The summed E-state index contributed by atoms with van der Waals surface area (Å²) in [6.07, 6.45) is 1.88. The predicted octanol–water partition coefficient (Wildman–Crippen LogP) is 3.03. The molecule has 102 valence electrons. The summed E-state index contributed by atoms with van der Waals surface area (Å²) in [7, 11) is -1.70. The maximum atomic E-state index is 12.4. The van der Waals surface area contributed by atoms with Gasteiger partial charge in [0, 0.05) is 13.6 Å². The Kier molecular flexibility index (Phi) is 4.93. The lowest BCUT2D eigenvalue weighted by Gasteiger charge is -2.19. The molecule has 0 aliphatic carbocycles. The van der Waals surface area contributed by atoms with Crippen molar-refractivity contribution in [1.29, 1.82) is 0 Å². The third-order valence-electron chi connectivity index (χ3n) is 3.31. The molecule has 1 rings (SSSR count). The zero-order chi connectivity index (χ0) is 13.9. The number of hydrogen-bond acceptors (Lipinski definition) is 2. The van der Waals surface area contributed by atoms with E-state index in [4.69, 9.17) is 0 Å². The SMILES string of the molecule is CCCCN(C)S(=O)(=O)c1cc(C)c(C)cc1C. The zero-order valence-corrected chi connectivity index (χ0v) is 12.8. The smallest absolute Gasteiger partial charge is 0.207 e. The monoisotopic (exact) mass is 269 g/mol. The number of hydrogen-bond donors (Lipinski definition) is 0.